The van der Waals surface area contributed by atoms with Crippen molar-refractivity contribution in [2.24, 2.45) is 0 Å². The molecule has 4 rings (SSSR count). The second-order valence-electron chi connectivity index (χ2n) is 6.92. The lowest BCUT2D eigenvalue weighted by atomic mass is 10.3. The molecule has 0 bridgehead atoms. The third kappa shape index (κ3) is 4.54. The zero-order chi connectivity index (χ0) is 22.7. The second kappa shape index (κ2) is 9.06. The van der Waals surface area contributed by atoms with Crippen molar-refractivity contribution in [1.82, 2.24) is 19.7 Å². The minimum atomic E-state index is -0.391. The highest BCUT2D eigenvalue weighted by molar-refractivity contribution is 7.13. The summed E-state index contributed by atoms with van der Waals surface area (Å²) in [6, 6.07) is 12.5. The lowest BCUT2D eigenvalue weighted by Crippen LogP contribution is -2.23. The minimum Gasteiger partial charge on any atom is -0.497 e. The van der Waals surface area contributed by atoms with E-state index < -0.39 is 5.91 Å². The number of amides is 1. The Balaban J connectivity index is 1.60. The van der Waals surface area contributed by atoms with Gasteiger partial charge in [-0.1, -0.05) is 12.1 Å². The van der Waals surface area contributed by atoms with Crippen LogP contribution in [0.2, 0.25) is 0 Å². The number of hydrogen-bond acceptors (Lipinski definition) is 7. The van der Waals surface area contributed by atoms with Crippen LogP contribution in [0.25, 0.3) is 16.5 Å². The number of rotatable bonds is 7. The molecule has 2 N–H and O–H groups in total. The van der Waals surface area contributed by atoms with Gasteiger partial charge < -0.3 is 14.8 Å². The second-order valence-corrected chi connectivity index (χ2v) is 7.87. The fourth-order valence-electron chi connectivity index (χ4n) is 2.93. The van der Waals surface area contributed by atoms with Crippen molar-refractivity contribution < 1.29 is 14.3 Å². The molecule has 0 aliphatic heterocycles. The van der Waals surface area contributed by atoms with Crippen LogP contribution in [0.1, 0.15) is 11.3 Å². The molecule has 10 heteroatoms. The number of nitrogens with zero attached hydrogens (tertiary/aromatic N) is 3. The SMILES string of the molecule is COc1cccc(OCC(=O)Nc2cc(-c3cccs3)nn2-c2nc(C)c(C)c(=O)[nH]2)c1. The molecular weight excluding hydrogens is 430 g/mol. The van der Waals surface area contributed by atoms with Crippen molar-refractivity contribution in [3.05, 3.63) is 69.5 Å². The number of nitrogens with one attached hydrogen (secondary N) is 2. The molecule has 3 heterocycles. The van der Waals surface area contributed by atoms with Crippen LogP contribution < -0.4 is 20.3 Å². The van der Waals surface area contributed by atoms with Gasteiger partial charge in [0.25, 0.3) is 11.5 Å². The summed E-state index contributed by atoms with van der Waals surface area (Å²) in [5, 5.41) is 9.28. The lowest BCUT2D eigenvalue weighted by Gasteiger charge is -2.10. The highest BCUT2D eigenvalue weighted by atomic mass is 32.1. The lowest BCUT2D eigenvalue weighted by molar-refractivity contribution is -0.118. The molecule has 164 valence electrons. The molecule has 4 aromatic rings. The Morgan fingerprint density at radius 2 is 2.00 bits per heavy atom. The maximum atomic E-state index is 12.6. The van der Waals surface area contributed by atoms with Crippen molar-refractivity contribution in [3.63, 3.8) is 0 Å². The predicted octanol–water partition coefficient (Wildman–Crippen LogP) is 3.33. The van der Waals surface area contributed by atoms with Gasteiger partial charge in [-0.05, 0) is 37.4 Å². The number of aryl methyl sites for hydroxylation is 1. The third-order valence-corrected chi connectivity index (χ3v) is 5.64. The smallest absolute Gasteiger partial charge is 0.263 e. The molecular formula is C22H21N5O4S. The number of aromatic nitrogens is 4. The number of carbonyl (C=O) groups is 1. The molecule has 0 saturated heterocycles. The monoisotopic (exact) mass is 451 g/mol. The van der Waals surface area contributed by atoms with Gasteiger partial charge in [-0.15, -0.1) is 11.3 Å². The van der Waals surface area contributed by atoms with Gasteiger partial charge in [-0.25, -0.2) is 4.98 Å². The van der Waals surface area contributed by atoms with E-state index in [1.165, 1.54) is 16.0 Å². The summed E-state index contributed by atoms with van der Waals surface area (Å²) in [4.78, 5) is 32.9. The van der Waals surface area contributed by atoms with Gasteiger partial charge in [-0.2, -0.15) is 9.78 Å². The number of thiophene rings is 1. The van der Waals surface area contributed by atoms with Crippen molar-refractivity contribution >= 4 is 23.1 Å². The average molecular weight is 452 g/mol. The summed E-state index contributed by atoms with van der Waals surface area (Å²) in [5.41, 5.74) is 1.48. The van der Waals surface area contributed by atoms with E-state index in [0.29, 0.717) is 34.3 Å². The van der Waals surface area contributed by atoms with Crippen molar-refractivity contribution in [1.29, 1.82) is 0 Å². The van der Waals surface area contributed by atoms with Crippen LogP contribution in [-0.4, -0.2) is 39.4 Å². The highest BCUT2D eigenvalue weighted by Crippen LogP contribution is 2.27. The average Bonchev–Trinajstić information content (AvgIpc) is 3.46. The fraction of sp³-hybridized carbons (Fsp3) is 0.182. The Labute approximate surface area is 187 Å². The number of anilines is 1. The molecule has 0 fully saturated rings. The predicted molar refractivity (Wildman–Crippen MR) is 122 cm³/mol. The third-order valence-electron chi connectivity index (χ3n) is 4.74. The van der Waals surface area contributed by atoms with Crippen LogP contribution in [-0.2, 0) is 4.79 Å². The Bertz CT molecular complexity index is 1310. The van der Waals surface area contributed by atoms with Gasteiger partial charge in [0.15, 0.2) is 6.61 Å². The van der Waals surface area contributed by atoms with Gasteiger partial charge in [0.1, 0.15) is 23.0 Å². The molecule has 0 aliphatic rings. The van der Waals surface area contributed by atoms with Crippen LogP contribution >= 0.6 is 11.3 Å². The Morgan fingerprint density at radius 1 is 1.19 bits per heavy atom. The summed E-state index contributed by atoms with van der Waals surface area (Å²) in [7, 11) is 1.56. The largest absolute Gasteiger partial charge is 0.497 e. The van der Waals surface area contributed by atoms with E-state index in [1.807, 2.05) is 17.5 Å². The number of methoxy groups -OCH3 is 1. The molecule has 1 aromatic carbocycles. The highest BCUT2D eigenvalue weighted by Gasteiger charge is 2.17. The first-order chi connectivity index (χ1) is 15.4. The number of aromatic amines is 1. The van der Waals surface area contributed by atoms with Gasteiger partial charge in [0.2, 0.25) is 5.95 Å². The van der Waals surface area contributed by atoms with E-state index in [4.69, 9.17) is 9.47 Å². The molecule has 0 saturated carbocycles. The molecule has 0 unspecified atom stereocenters. The normalized spacial score (nSPS) is 10.7. The van der Waals surface area contributed by atoms with Gasteiger partial charge in [-0.3, -0.25) is 14.6 Å². The van der Waals surface area contributed by atoms with E-state index >= 15 is 0 Å². The van der Waals surface area contributed by atoms with Crippen LogP contribution in [0, 0.1) is 13.8 Å². The Kier molecular flexibility index (Phi) is 6.04. The number of ether oxygens (including phenoxy) is 2. The van der Waals surface area contributed by atoms with Gasteiger partial charge in [0.05, 0.1) is 12.0 Å². The minimum absolute atomic E-state index is 0.213. The van der Waals surface area contributed by atoms with Crippen LogP contribution in [0.15, 0.2) is 52.6 Å². The summed E-state index contributed by atoms with van der Waals surface area (Å²) < 4.78 is 12.1. The number of benzene rings is 1. The van der Waals surface area contributed by atoms with Crippen molar-refractivity contribution in [2.75, 3.05) is 19.0 Å². The first kappa shape index (κ1) is 21.3. The molecule has 0 spiro atoms. The first-order valence-corrected chi connectivity index (χ1v) is 10.6. The van der Waals surface area contributed by atoms with E-state index in [9.17, 15) is 9.59 Å². The molecule has 1 amide bonds. The number of H-pyrrole nitrogens is 1. The van der Waals surface area contributed by atoms with Gasteiger partial charge >= 0.3 is 0 Å². The van der Waals surface area contributed by atoms with E-state index in [0.717, 1.165) is 4.88 Å². The standard InChI is InChI=1S/C22H21N5O4S/c1-13-14(2)23-22(25-21(13)29)27-19(11-17(26-27)18-8-5-9-32-18)24-20(28)12-31-16-7-4-6-15(10-16)30-3/h4-11H,12H2,1-3H3,(H,24,28)(H,23,25,29). The quantitative estimate of drug-likeness (QED) is 0.446. The zero-order valence-electron chi connectivity index (χ0n) is 17.7. The zero-order valence-corrected chi connectivity index (χ0v) is 18.5. The maximum Gasteiger partial charge on any atom is 0.263 e. The first-order valence-electron chi connectivity index (χ1n) is 9.73. The van der Waals surface area contributed by atoms with Crippen molar-refractivity contribution in [3.8, 4) is 28.0 Å². The maximum absolute atomic E-state index is 12.6. The van der Waals surface area contributed by atoms with Crippen molar-refractivity contribution in [2.45, 2.75) is 13.8 Å². The van der Waals surface area contributed by atoms with E-state index in [-0.39, 0.29) is 18.1 Å². The molecule has 0 atom stereocenters. The van der Waals surface area contributed by atoms with Gasteiger partial charge in [0, 0.05) is 23.4 Å². The molecule has 32 heavy (non-hydrogen) atoms. The van der Waals surface area contributed by atoms with Crippen LogP contribution in [0.4, 0.5) is 5.82 Å². The fourth-order valence-corrected chi connectivity index (χ4v) is 3.61. The number of carbonyl (C=O) groups excluding carboxylic acids is 1. The topological polar surface area (TPSA) is 111 Å². The molecule has 0 aliphatic carbocycles. The molecule has 0 radical (unpaired) electrons. The van der Waals surface area contributed by atoms with E-state index in [1.54, 1.807) is 51.3 Å². The Hall–Kier alpha value is -3.92. The molecule has 9 nitrogen and oxygen atoms in total. The molecule has 3 aromatic heterocycles. The summed E-state index contributed by atoms with van der Waals surface area (Å²) in [5.74, 6) is 1.32. The Morgan fingerprint density at radius 3 is 2.72 bits per heavy atom. The number of hydrogen-bond donors (Lipinski definition) is 2. The summed E-state index contributed by atoms with van der Waals surface area (Å²) in [6.07, 6.45) is 0. The van der Waals surface area contributed by atoms with E-state index in [2.05, 4.69) is 20.4 Å². The van der Waals surface area contributed by atoms with Crippen LogP contribution in [0.3, 0.4) is 0 Å². The van der Waals surface area contributed by atoms with Crippen LogP contribution in [0.5, 0.6) is 11.5 Å². The summed E-state index contributed by atoms with van der Waals surface area (Å²) >= 11 is 1.51. The summed E-state index contributed by atoms with van der Waals surface area (Å²) in [6.45, 7) is 3.23.